The number of aromatic nitrogens is 2. The Hall–Kier alpha value is -1.49. The molecule has 2 rings (SSSR count). The van der Waals surface area contributed by atoms with Gasteiger partial charge >= 0.3 is 0 Å². The van der Waals surface area contributed by atoms with E-state index in [-0.39, 0.29) is 24.0 Å². The van der Waals surface area contributed by atoms with Gasteiger partial charge in [0.1, 0.15) is 5.78 Å². The third kappa shape index (κ3) is 2.67. The zero-order valence-corrected chi connectivity index (χ0v) is 10.8. The number of ether oxygens (including phenoxy) is 1. The minimum Gasteiger partial charge on any atom is -0.356 e. The van der Waals surface area contributed by atoms with Crippen LogP contribution in [-0.2, 0) is 16.0 Å². The van der Waals surface area contributed by atoms with Crippen molar-refractivity contribution in [3.63, 3.8) is 0 Å². The summed E-state index contributed by atoms with van der Waals surface area (Å²) in [7, 11) is 0. The summed E-state index contributed by atoms with van der Waals surface area (Å²) in [6.07, 6.45) is 4.52. The van der Waals surface area contributed by atoms with E-state index in [0.29, 0.717) is 17.7 Å². The molecule has 0 radical (unpaired) electrons. The molecule has 98 valence electrons. The molecule has 0 bridgehead atoms. The Morgan fingerprint density at radius 2 is 2.33 bits per heavy atom. The van der Waals surface area contributed by atoms with Gasteiger partial charge in [-0.15, -0.1) is 0 Å². The molecule has 5 nitrogen and oxygen atoms in total. The summed E-state index contributed by atoms with van der Waals surface area (Å²) >= 11 is 0. The topological polar surface area (TPSA) is 61.2 Å². The van der Waals surface area contributed by atoms with Gasteiger partial charge < -0.3 is 4.74 Å². The van der Waals surface area contributed by atoms with Gasteiger partial charge in [-0.1, -0.05) is 0 Å². The highest BCUT2D eigenvalue weighted by Gasteiger charge is 2.19. The van der Waals surface area contributed by atoms with Crippen molar-refractivity contribution < 1.29 is 9.53 Å². The van der Waals surface area contributed by atoms with Gasteiger partial charge in [0, 0.05) is 18.6 Å². The van der Waals surface area contributed by atoms with Crippen LogP contribution in [0, 0.1) is 6.92 Å². The lowest BCUT2D eigenvalue weighted by molar-refractivity contribution is -0.116. The molecule has 0 amide bonds. The van der Waals surface area contributed by atoms with Crippen LogP contribution in [0.15, 0.2) is 11.0 Å². The van der Waals surface area contributed by atoms with Gasteiger partial charge in [-0.3, -0.25) is 9.59 Å². The number of carbonyl (C=O) groups is 1. The van der Waals surface area contributed by atoms with Crippen molar-refractivity contribution in [2.24, 2.45) is 0 Å². The van der Waals surface area contributed by atoms with E-state index < -0.39 is 0 Å². The van der Waals surface area contributed by atoms with Crippen LogP contribution >= 0.6 is 0 Å². The average Bonchev–Trinajstić information content (AvgIpc) is 2.36. The molecular weight excluding hydrogens is 232 g/mol. The fourth-order valence-corrected chi connectivity index (χ4v) is 2.16. The predicted molar refractivity (Wildman–Crippen MR) is 66.5 cm³/mol. The molecule has 0 saturated carbocycles. The lowest BCUT2D eigenvalue weighted by atomic mass is 10.1. The van der Waals surface area contributed by atoms with Crippen molar-refractivity contribution in [2.45, 2.75) is 45.8 Å². The van der Waals surface area contributed by atoms with E-state index in [9.17, 15) is 9.59 Å². The largest absolute Gasteiger partial charge is 0.356 e. The monoisotopic (exact) mass is 250 g/mol. The van der Waals surface area contributed by atoms with Crippen molar-refractivity contribution in [2.75, 3.05) is 6.61 Å². The van der Waals surface area contributed by atoms with Gasteiger partial charge in [0.25, 0.3) is 5.56 Å². The number of Topliss-reactive ketones (excluding diaryl/α,β-unsaturated/α-hetero) is 1. The number of nitrogens with zero attached hydrogens (tertiary/aromatic N) is 2. The Balaban J connectivity index is 2.31. The lowest BCUT2D eigenvalue weighted by Crippen LogP contribution is -2.33. The van der Waals surface area contributed by atoms with Crippen molar-refractivity contribution in [3.05, 3.63) is 27.7 Å². The van der Waals surface area contributed by atoms with Crippen LogP contribution in [0.2, 0.25) is 0 Å². The fraction of sp³-hybridized carbons (Fsp3) is 0.615. The summed E-state index contributed by atoms with van der Waals surface area (Å²) in [6, 6.07) is 0. The number of rotatable bonds is 3. The molecule has 18 heavy (non-hydrogen) atoms. The van der Waals surface area contributed by atoms with Crippen LogP contribution in [0.4, 0.5) is 0 Å². The Morgan fingerprint density at radius 1 is 1.56 bits per heavy atom. The SMILES string of the molecule is CC(=O)Cc1cnn(C2CCCCO2)c(=O)c1C. The Bertz CT molecular complexity index is 501. The lowest BCUT2D eigenvalue weighted by Gasteiger charge is -2.23. The van der Waals surface area contributed by atoms with Gasteiger partial charge in [0.15, 0.2) is 6.23 Å². The van der Waals surface area contributed by atoms with Crippen LogP contribution in [0.5, 0.6) is 0 Å². The molecule has 0 aromatic carbocycles. The predicted octanol–water partition coefficient (Wildman–Crippen LogP) is 1.38. The van der Waals surface area contributed by atoms with Gasteiger partial charge in [-0.25, -0.2) is 4.68 Å². The second-order valence-corrected chi connectivity index (χ2v) is 4.74. The summed E-state index contributed by atoms with van der Waals surface area (Å²) < 4.78 is 6.96. The molecule has 1 unspecified atom stereocenters. The van der Waals surface area contributed by atoms with Crippen LogP contribution < -0.4 is 5.56 Å². The third-order valence-electron chi connectivity index (χ3n) is 3.22. The van der Waals surface area contributed by atoms with Gasteiger partial charge in [-0.05, 0) is 38.7 Å². The van der Waals surface area contributed by atoms with Crippen molar-refractivity contribution in [1.82, 2.24) is 9.78 Å². The molecule has 1 aromatic heterocycles. The van der Waals surface area contributed by atoms with Crippen molar-refractivity contribution >= 4 is 5.78 Å². The normalized spacial score (nSPS) is 19.8. The standard InChI is InChI=1S/C13H18N2O3/c1-9(16)7-11-8-14-15(13(17)10(11)2)12-5-3-4-6-18-12/h8,12H,3-7H2,1-2H3. The summed E-state index contributed by atoms with van der Waals surface area (Å²) in [5.41, 5.74) is 1.15. The molecule has 1 fully saturated rings. The molecule has 0 aliphatic carbocycles. The Kier molecular flexibility index (Phi) is 3.91. The van der Waals surface area contributed by atoms with E-state index in [1.165, 1.54) is 11.6 Å². The van der Waals surface area contributed by atoms with Crippen LogP contribution in [-0.4, -0.2) is 22.2 Å². The molecule has 0 N–H and O–H groups in total. The average molecular weight is 250 g/mol. The maximum atomic E-state index is 12.2. The van der Waals surface area contributed by atoms with Crippen molar-refractivity contribution in [1.29, 1.82) is 0 Å². The number of ketones is 1. The van der Waals surface area contributed by atoms with E-state index in [0.717, 1.165) is 19.3 Å². The first-order chi connectivity index (χ1) is 8.59. The molecular formula is C13H18N2O3. The van der Waals surface area contributed by atoms with E-state index in [2.05, 4.69) is 5.10 Å². The van der Waals surface area contributed by atoms with Crippen molar-refractivity contribution in [3.8, 4) is 0 Å². The zero-order valence-electron chi connectivity index (χ0n) is 10.8. The molecule has 0 spiro atoms. The molecule has 1 aliphatic rings. The zero-order chi connectivity index (χ0) is 13.1. The summed E-state index contributed by atoms with van der Waals surface area (Å²) in [6.45, 7) is 3.92. The molecule has 5 heteroatoms. The maximum Gasteiger partial charge on any atom is 0.272 e. The molecule has 1 saturated heterocycles. The summed E-state index contributed by atoms with van der Waals surface area (Å²) in [5, 5.41) is 4.14. The van der Waals surface area contributed by atoms with E-state index in [1.54, 1.807) is 13.1 Å². The first-order valence-electron chi connectivity index (χ1n) is 6.28. The van der Waals surface area contributed by atoms with Crippen LogP contribution in [0.1, 0.15) is 43.5 Å². The first kappa shape index (κ1) is 13.0. The highest BCUT2D eigenvalue weighted by atomic mass is 16.5. The van der Waals surface area contributed by atoms with E-state index in [1.807, 2.05) is 0 Å². The summed E-state index contributed by atoms with van der Waals surface area (Å²) in [5.74, 6) is 0.0333. The molecule has 1 atom stereocenters. The minimum atomic E-state index is -0.253. The second-order valence-electron chi connectivity index (χ2n) is 4.74. The highest BCUT2D eigenvalue weighted by Crippen LogP contribution is 2.20. The smallest absolute Gasteiger partial charge is 0.272 e. The third-order valence-corrected chi connectivity index (χ3v) is 3.22. The number of carbonyl (C=O) groups excluding carboxylic acids is 1. The molecule has 1 aromatic rings. The van der Waals surface area contributed by atoms with Crippen LogP contribution in [0.3, 0.4) is 0 Å². The van der Waals surface area contributed by atoms with Gasteiger partial charge in [0.05, 0.1) is 6.20 Å². The quantitative estimate of drug-likeness (QED) is 0.813. The Morgan fingerprint density at radius 3 is 2.94 bits per heavy atom. The van der Waals surface area contributed by atoms with Gasteiger partial charge in [0.2, 0.25) is 0 Å². The minimum absolute atomic E-state index is 0.0333. The fourth-order valence-electron chi connectivity index (χ4n) is 2.16. The first-order valence-corrected chi connectivity index (χ1v) is 6.28. The molecule has 2 heterocycles. The number of hydrogen-bond acceptors (Lipinski definition) is 4. The second kappa shape index (κ2) is 5.44. The van der Waals surface area contributed by atoms with E-state index >= 15 is 0 Å². The maximum absolute atomic E-state index is 12.2. The highest BCUT2D eigenvalue weighted by molar-refractivity contribution is 5.78. The van der Waals surface area contributed by atoms with Gasteiger partial charge in [-0.2, -0.15) is 5.10 Å². The number of hydrogen-bond donors (Lipinski definition) is 0. The Labute approximate surface area is 106 Å². The molecule has 1 aliphatic heterocycles. The van der Waals surface area contributed by atoms with E-state index in [4.69, 9.17) is 4.74 Å². The van der Waals surface area contributed by atoms with Crippen LogP contribution in [0.25, 0.3) is 0 Å². The summed E-state index contributed by atoms with van der Waals surface area (Å²) in [4.78, 5) is 23.3.